The molecule has 1 saturated carbocycles. The summed E-state index contributed by atoms with van der Waals surface area (Å²) in [6, 6.07) is 24.8. The van der Waals surface area contributed by atoms with Gasteiger partial charge < -0.3 is 14.9 Å². The van der Waals surface area contributed by atoms with Gasteiger partial charge in [0.2, 0.25) is 0 Å². The van der Waals surface area contributed by atoms with Gasteiger partial charge >= 0.3 is 5.97 Å². The predicted octanol–water partition coefficient (Wildman–Crippen LogP) is 7.91. The average molecular weight is 515 g/mol. The number of carboxylic acid groups (broad SMARTS) is 1. The summed E-state index contributed by atoms with van der Waals surface area (Å²) in [6.45, 7) is 4.12. The van der Waals surface area contributed by atoms with Crippen LogP contribution in [0.3, 0.4) is 0 Å². The third-order valence-electron chi connectivity index (χ3n) is 7.35. The first kappa shape index (κ1) is 25.1. The van der Waals surface area contributed by atoms with E-state index in [1.54, 1.807) is 0 Å². The third kappa shape index (κ3) is 5.72. The molecule has 37 heavy (non-hydrogen) atoms. The van der Waals surface area contributed by atoms with Crippen molar-refractivity contribution in [2.45, 2.75) is 57.4 Å². The maximum Gasteiger partial charge on any atom is 0.304 e. The van der Waals surface area contributed by atoms with Crippen LogP contribution in [0.25, 0.3) is 22.5 Å². The molecule has 1 unspecified atom stereocenters. The number of benzene rings is 3. The largest absolute Gasteiger partial charge is 0.481 e. The molecule has 0 amide bonds. The molecular formula is C31H31ClN2O3. The standard InChI is InChI=1S/C31H31ClN2O3/c1-20(3-4-22-5-15-27(32)16-6-22)33-29-21(2)34-37-30(29)25-9-7-23(8-10-25)24-11-13-26(14-12-24)31(17-18-31)19-28(35)36/h5-16,20,33H,3-4,17-19H2,1-2H3,(H,35,36). The van der Waals surface area contributed by atoms with Crippen molar-refractivity contribution in [3.63, 3.8) is 0 Å². The highest BCUT2D eigenvalue weighted by Gasteiger charge is 2.45. The van der Waals surface area contributed by atoms with Gasteiger partial charge in [-0.3, -0.25) is 4.79 Å². The molecule has 1 aliphatic carbocycles. The van der Waals surface area contributed by atoms with Crippen LogP contribution in [0.1, 0.15) is 49.4 Å². The van der Waals surface area contributed by atoms with E-state index in [-0.39, 0.29) is 17.9 Å². The highest BCUT2D eigenvalue weighted by molar-refractivity contribution is 6.30. The van der Waals surface area contributed by atoms with E-state index in [2.05, 4.69) is 78.1 Å². The Morgan fingerprint density at radius 3 is 2.19 bits per heavy atom. The maximum atomic E-state index is 11.2. The lowest BCUT2D eigenvalue weighted by molar-refractivity contribution is -0.137. The number of hydrogen-bond acceptors (Lipinski definition) is 4. The Morgan fingerprint density at radius 2 is 1.59 bits per heavy atom. The molecule has 1 atom stereocenters. The summed E-state index contributed by atoms with van der Waals surface area (Å²) in [6.07, 6.45) is 4.01. The van der Waals surface area contributed by atoms with Gasteiger partial charge in [-0.1, -0.05) is 77.4 Å². The highest BCUT2D eigenvalue weighted by atomic mass is 35.5. The monoisotopic (exact) mass is 514 g/mol. The normalized spacial score (nSPS) is 14.8. The summed E-state index contributed by atoms with van der Waals surface area (Å²) in [5, 5.41) is 17.8. The quantitative estimate of drug-likeness (QED) is 0.225. The molecule has 190 valence electrons. The Balaban J connectivity index is 1.26. The fourth-order valence-electron chi connectivity index (χ4n) is 4.93. The van der Waals surface area contributed by atoms with Gasteiger partial charge in [0.05, 0.1) is 6.42 Å². The number of carbonyl (C=O) groups is 1. The van der Waals surface area contributed by atoms with Crippen molar-refractivity contribution in [1.29, 1.82) is 0 Å². The number of carboxylic acids is 1. The van der Waals surface area contributed by atoms with Crippen molar-refractivity contribution in [3.05, 3.63) is 94.6 Å². The number of aromatic nitrogens is 1. The molecule has 1 aliphatic rings. The van der Waals surface area contributed by atoms with Crippen LogP contribution in [0.2, 0.25) is 5.02 Å². The molecule has 1 fully saturated rings. The van der Waals surface area contributed by atoms with E-state index in [9.17, 15) is 9.90 Å². The first-order chi connectivity index (χ1) is 17.8. The minimum atomic E-state index is -0.732. The summed E-state index contributed by atoms with van der Waals surface area (Å²) in [7, 11) is 0. The van der Waals surface area contributed by atoms with Gasteiger partial charge in [0.25, 0.3) is 0 Å². The Kier molecular flexibility index (Phi) is 7.07. The van der Waals surface area contributed by atoms with Gasteiger partial charge in [0.1, 0.15) is 11.4 Å². The molecule has 0 spiro atoms. The molecular weight excluding hydrogens is 484 g/mol. The van der Waals surface area contributed by atoms with Crippen LogP contribution in [0.15, 0.2) is 77.3 Å². The second-order valence-corrected chi connectivity index (χ2v) is 10.6. The topological polar surface area (TPSA) is 75.4 Å². The van der Waals surface area contributed by atoms with Crippen molar-refractivity contribution < 1.29 is 14.4 Å². The molecule has 2 N–H and O–H groups in total. The first-order valence-electron chi connectivity index (χ1n) is 12.7. The molecule has 1 aromatic heterocycles. The SMILES string of the molecule is Cc1noc(-c2ccc(-c3ccc(C4(CC(=O)O)CC4)cc3)cc2)c1NC(C)CCc1ccc(Cl)cc1. The zero-order chi connectivity index (χ0) is 26.0. The molecule has 1 heterocycles. The summed E-state index contributed by atoms with van der Waals surface area (Å²) in [5.74, 6) is 0.00622. The molecule has 0 aliphatic heterocycles. The highest BCUT2D eigenvalue weighted by Crippen LogP contribution is 2.51. The lowest BCUT2D eigenvalue weighted by atomic mass is 9.91. The van der Waals surface area contributed by atoms with Crippen LogP contribution >= 0.6 is 11.6 Å². The number of halogens is 1. The van der Waals surface area contributed by atoms with Crippen LogP contribution in [0.4, 0.5) is 5.69 Å². The Labute approximate surface area is 222 Å². The summed E-state index contributed by atoms with van der Waals surface area (Å²) < 4.78 is 5.72. The van der Waals surface area contributed by atoms with E-state index >= 15 is 0 Å². The van der Waals surface area contributed by atoms with Crippen molar-refractivity contribution in [2.75, 3.05) is 5.32 Å². The van der Waals surface area contributed by atoms with Crippen LogP contribution < -0.4 is 5.32 Å². The van der Waals surface area contributed by atoms with E-state index < -0.39 is 5.97 Å². The summed E-state index contributed by atoms with van der Waals surface area (Å²) in [5.41, 5.74) is 7.13. The molecule has 6 heteroatoms. The van der Waals surface area contributed by atoms with E-state index in [1.807, 2.05) is 19.1 Å². The van der Waals surface area contributed by atoms with Gasteiger partial charge in [0, 0.05) is 22.0 Å². The van der Waals surface area contributed by atoms with Gasteiger partial charge in [-0.05, 0) is 73.9 Å². The minimum absolute atomic E-state index is 0.173. The lowest BCUT2D eigenvalue weighted by Crippen LogP contribution is -2.16. The van der Waals surface area contributed by atoms with Gasteiger partial charge in [-0.2, -0.15) is 0 Å². The van der Waals surface area contributed by atoms with E-state index in [1.165, 1.54) is 5.56 Å². The van der Waals surface area contributed by atoms with Crippen molar-refractivity contribution in [2.24, 2.45) is 0 Å². The number of rotatable bonds is 10. The predicted molar refractivity (Wildman–Crippen MR) is 148 cm³/mol. The van der Waals surface area contributed by atoms with Crippen LogP contribution in [0.5, 0.6) is 0 Å². The lowest BCUT2D eigenvalue weighted by Gasteiger charge is -2.16. The van der Waals surface area contributed by atoms with E-state index in [0.717, 1.165) is 70.1 Å². The average Bonchev–Trinajstić information content (AvgIpc) is 3.59. The molecule has 5 nitrogen and oxygen atoms in total. The molecule has 3 aromatic carbocycles. The summed E-state index contributed by atoms with van der Waals surface area (Å²) in [4.78, 5) is 11.2. The Morgan fingerprint density at radius 1 is 1.00 bits per heavy atom. The first-order valence-corrected chi connectivity index (χ1v) is 13.1. The van der Waals surface area contributed by atoms with Crippen LogP contribution in [-0.4, -0.2) is 22.3 Å². The number of nitrogens with zero attached hydrogens (tertiary/aromatic N) is 1. The fraction of sp³-hybridized carbons (Fsp3) is 0.290. The van der Waals surface area contributed by atoms with Crippen molar-refractivity contribution in [1.82, 2.24) is 5.16 Å². The van der Waals surface area contributed by atoms with Crippen LogP contribution in [0, 0.1) is 6.92 Å². The number of anilines is 1. The van der Waals surface area contributed by atoms with Gasteiger partial charge in [-0.25, -0.2) is 0 Å². The van der Waals surface area contributed by atoms with Crippen LogP contribution in [-0.2, 0) is 16.6 Å². The second kappa shape index (κ2) is 10.4. The number of nitrogens with one attached hydrogen (secondary N) is 1. The molecule has 0 saturated heterocycles. The Bertz CT molecular complexity index is 1370. The van der Waals surface area contributed by atoms with Gasteiger partial charge in [-0.15, -0.1) is 0 Å². The van der Waals surface area contributed by atoms with Crippen molar-refractivity contribution >= 4 is 23.3 Å². The number of hydrogen-bond donors (Lipinski definition) is 2. The smallest absolute Gasteiger partial charge is 0.304 e. The second-order valence-electron chi connectivity index (χ2n) is 10.2. The molecule has 4 aromatic rings. The number of aliphatic carboxylic acids is 1. The summed E-state index contributed by atoms with van der Waals surface area (Å²) >= 11 is 6.00. The fourth-order valence-corrected chi connectivity index (χ4v) is 5.05. The maximum absolute atomic E-state index is 11.2. The van der Waals surface area contributed by atoms with Crippen molar-refractivity contribution in [3.8, 4) is 22.5 Å². The zero-order valence-electron chi connectivity index (χ0n) is 21.1. The van der Waals surface area contributed by atoms with E-state index in [0.29, 0.717) is 0 Å². The van der Waals surface area contributed by atoms with Gasteiger partial charge in [0.15, 0.2) is 5.76 Å². The third-order valence-corrected chi connectivity index (χ3v) is 7.61. The molecule has 0 radical (unpaired) electrons. The Hall–Kier alpha value is -3.57. The molecule has 0 bridgehead atoms. The number of aryl methyl sites for hydroxylation is 2. The van der Waals surface area contributed by atoms with E-state index in [4.69, 9.17) is 16.1 Å². The zero-order valence-corrected chi connectivity index (χ0v) is 21.9. The minimum Gasteiger partial charge on any atom is -0.481 e. The molecule has 5 rings (SSSR count).